The van der Waals surface area contributed by atoms with E-state index in [1.54, 1.807) is 42.3 Å². The van der Waals surface area contributed by atoms with Gasteiger partial charge in [-0.05, 0) is 54.8 Å². The molecule has 4 aromatic rings. The fourth-order valence-electron chi connectivity index (χ4n) is 4.57. The fraction of sp³-hybridized carbons (Fsp3) is 0.267. The van der Waals surface area contributed by atoms with E-state index in [2.05, 4.69) is 15.4 Å². The zero-order valence-corrected chi connectivity index (χ0v) is 22.3. The lowest BCUT2D eigenvalue weighted by Crippen LogP contribution is -2.58. The topological polar surface area (TPSA) is 130 Å². The van der Waals surface area contributed by atoms with E-state index in [4.69, 9.17) is 4.74 Å². The van der Waals surface area contributed by atoms with E-state index in [0.717, 1.165) is 29.4 Å². The number of amides is 2. The van der Waals surface area contributed by atoms with Crippen molar-refractivity contribution in [1.82, 2.24) is 25.0 Å². The Balaban J connectivity index is 1.29. The summed E-state index contributed by atoms with van der Waals surface area (Å²) in [6, 6.07) is 20.0. The van der Waals surface area contributed by atoms with Gasteiger partial charge in [-0.15, -0.1) is 0 Å². The van der Waals surface area contributed by atoms with Gasteiger partial charge in [0.1, 0.15) is 18.0 Å². The third-order valence-electron chi connectivity index (χ3n) is 7.04. The van der Waals surface area contributed by atoms with Crippen LogP contribution in [0, 0.1) is 0 Å². The van der Waals surface area contributed by atoms with Gasteiger partial charge in [-0.25, -0.2) is 4.68 Å². The monoisotopic (exact) mass is 541 g/mol. The number of benzene rings is 2. The summed E-state index contributed by atoms with van der Waals surface area (Å²) >= 11 is 0. The minimum absolute atomic E-state index is 0.203. The predicted octanol–water partition coefficient (Wildman–Crippen LogP) is 2.68. The molecule has 1 aliphatic rings. The van der Waals surface area contributed by atoms with Crippen LogP contribution in [0.1, 0.15) is 42.3 Å². The second-order valence-electron chi connectivity index (χ2n) is 10.0. The largest absolute Gasteiger partial charge is 0.487 e. The quantitative estimate of drug-likeness (QED) is 0.297. The molecule has 0 aliphatic carbocycles. The molecule has 3 atom stereocenters. The highest BCUT2D eigenvalue weighted by Gasteiger charge is 2.45. The summed E-state index contributed by atoms with van der Waals surface area (Å²) in [5.41, 5.74) is 1.64. The molecule has 0 bridgehead atoms. The van der Waals surface area contributed by atoms with Crippen molar-refractivity contribution in [2.45, 2.75) is 51.3 Å². The molecule has 10 heteroatoms. The van der Waals surface area contributed by atoms with Gasteiger partial charge in [0.05, 0.1) is 18.3 Å². The molecule has 2 unspecified atom stereocenters. The van der Waals surface area contributed by atoms with Crippen molar-refractivity contribution in [2.75, 3.05) is 0 Å². The Labute approximate surface area is 231 Å². The van der Waals surface area contributed by atoms with Crippen LogP contribution in [0.15, 0.2) is 85.3 Å². The van der Waals surface area contributed by atoms with E-state index in [1.165, 1.54) is 4.90 Å². The van der Waals surface area contributed by atoms with E-state index in [9.17, 15) is 19.8 Å². The first kappa shape index (κ1) is 27.0. The molecule has 0 saturated carbocycles. The number of carbonyl (C=O) groups is 2. The Morgan fingerprint density at radius 2 is 1.88 bits per heavy atom. The van der Waals surface area contributed by atoms with Crippen LogP contribution < -0.4 is 10.1 Å². The molecule has 40 heavy (non-hydrogen) atoms. The highest BCUT2D eigenvalue weighted by Crippen LogP contribution is 2.29. The summed E-state index contributed by atoms with van der Waals surface area (Å²) in [7, 11) is 0. The number of pyridine rings is 1. The van der Waals surface area contributed by atoms with Crippen LogP contribution in [0.5, 0.6) is 5.75 Å². The van der Waals surface area contributed by atoms with Crippen molar-refractivity contribution in [3.63, 3.8) is 0 Å². The van der Waals surface area contributed by atoms with Crippen molar-refractivity contribution in [2.24, 2.45) is 0 Å². The molecule has 1 aliphatic heterocycles. The van der Waals surface area contributed by atoms with Crippen LogP contribution in [-0.4, -0.2) is 53.4 Å². The minimum Gasteiger partial charge on any atom is -0.487 e. The number of nitrogens with one attached hydrogen (secondary N) is 1. The van der Waals surface area contributed by atoms with Crippen molar-refractivity contribution >= 4 is 11.8 Å². The van der Waals surface area contributed by atoms with Crippen LogP contribution in [0.2, 0.25) is 0 Å². The smallest absolute Gasteiger partial charge is 0.255 e. The molecule has 3 N–H and O–H groups in total. The van der Waals surface area contributed by atoms with E-state index >= 15 is 0 Å². The number of rotatable bonds is 9. The third-order valence-corrected chi connectivity index (χ3v) is 7.04. The van der Waals surface area contributed by atoms with Gasteiger partial charge in [0, 0.05) is 25.1 Å². The number of ether oxygens (including phenoxy) is 1. The first-order valence-electron chi connectivity index (χ1n) is 13.0. The van der Waals surface area contributed by atoms with Crippen LogP contribution in [0.25, 0.3) is 5.69 Å². The minimum atomic E-state index is -2.37. The molecule has 3 heterocycles. The second kappa shape index (κ2) is 11.3. The molecule has 206 valence electrons. The number of aliphatic hydroxyl groups is 2. The fourth-order valence-corrected chi connectivity index (χ4v) is 4.57. The van der Waals surface area contributed by atoms with E-state index in [1.807, 2.05) is 54.6 Å². The van der Waals surface area contributed by atoms with Gasteiger partial charge in [-0.1, -0.05) is 42.5 Å². The van der Waals surface area contributed by atoms with Gasteiger partial charge >= 0.3 is 0 Å². The van der Waals surface area contributed by atoms with Crippen molar-refractivity contribution in [3.05, 3.63) is 108 Å². The van der Waals surface area contributed by atoms with Crippen LogP contribution in [0.4, 0.5) is 0 Å². The van der Waals surface area contributed by atoms with Crippen molar-refractivity contribution in [1.29, 1.82) is 0 Å². The number of carbonyl (C=O) groups excluding carboxylic acids is 2. The Morgan fingerprint density at radius 1 is 1.07 bits per heavy atom. The first-order valence-corrected chi connectivity index (χ1v) is 13.0. The number of aliphatic hydroxyl groups excluding tert-OH is 1. The molecule has 5 rings (SSSR count). The maximum atomic E-state index is 13.1. The van der Waals surface area contributed by atoms with Gasteiger partial charge in [0.15, 0.2) is 11.7 Å². The van der Waals surface area contributed by atoms with Gasteiger partial charge < -0.3 is 25.2 Å². The van der Waals surface area contributed by atoms with Gasteiger partial charge in [0.2, 0.25) is 0 Å². The lowest BCUT2D eigenvalue weighted by molar-refractivity contribution is -0.166. The summed E-state index contributed by atoms with van der Waals surface area (Å²) in [5.74, 6) is -1.07. The summed E-state index contributed by atoms with van der Waals surface area (Å²) in [6.45, 7) is 3.66. The molecule has 0 spiro atoms. The lowest BCUT2D eigenvalue weighted by atomic mass is 9.95. The summed E-state index contributed by atoms with van der Waals surface area (Å²) in [6.07, 6.45) is 3.15. The SMILES string of the molecule is CC(NC(=O)[C@@](C)(O)C(O)C(=O)N1Cc2cccnc2C1)c1ccc(-n2cccn2)c(OCc2ccccc2)c1. The first-order chi connectivity index (χ1) is 19.2. The van der Waals surface area contributed by atoms with Crippen LogP contribution in [0.3, 0.4) is 0 Å². The third kappa shape index (κ3) is 5.58. The van der Waals surface area contributed by atoms with E-state index in [-0.39, 0.29) is 13.1 Å². The van der Waals surface area contributed by atoms with Crippen LogP contribution >= 0.6 is 0 Å². The Bertz CT molecular complexity index is 1460. The molecule has 0 saturated heterocycles. The van der Waals surface area contributed by atoms with Crippen LogP contribution in [-0.2, 0) is 29.3 Å². The average molecular weight is 542 g/mol. The Morgan fingerprint density at radius 3 is 2.60 bits per heavy atom. The highest BCUT2D eigenvalue weighted by molar-refractivity contribution is 5.94. The standard InChI is InChI=1S/C30H31N5O5/c1-20(33-29(38)30(2,39)27(36)28(37)34-17-23-10-6-13-31-24(23)18-34)22-11-12-25(35-15-7-14-32-35)26(16-22)40-19-21-8-4-3-5-9-21/h3-16,20,27,36,39H,17-19H2,1-2H3,(H,33,38)/t20?,27?,30-/m0/s1. The number of nitrogens with zero attached hydrogens (tertiary/aromatic N) is 4. The Kier molecular flexibility index (Phi) is 7.63. The van der Waals surface area contributed by atoms with Crippen molar-refractivity contribution in [3.8, 4) is 11.4 Å². The molecular formula is C30H31N5O5. The summed E-state index contributed by atoms with van der Waals surface area (Å²) < 4.78 is 7.83. The Hall–Kier alpha value is -4.54. The second-order valence-corrected chi connectivity index (χ2v) is 10.0. The van der Waals surface area contributed by atoms with Gasteiger partial charge in [-0.2, -0.15) is 5.10 Å². The van der Waals surface area contributed by atoms with E-state index in [0.29, 0.717) is 17.9 Å². The molecule has 2 aromatic carbocycles. The highest BCUT2D eigenvalue weighted by atomic mass is 16.5. The normalized spacial score (nSPS) is 15.6. The lowest BCUT2D eigenvalue weighted by Gasteiger charge is -2.31. The molecular weight excluding hydrogens is 510 g/mol. The zero-order chi connectivity index (χ0) is 28.3. The molecule has 2 amide bonds. The van der Waals surface area contributed by atoms with E-state index < -0.39 is 29.6 Å². The molecule has 0 fully saturated rings. The zero-order valence-electron chi connectivity index (χ0n) is 22.3. The number of aromatic nitrogens is 3. The average Bonchev–Trinajstić information content (AvgIpc) is 3.66. The molecule has 10 nitrogen and oxygen atoms in total. The predicted molar refractivity (Wildman–Crippen MR) is 146 cm³/mol. The summed E-state index contributed by atoms with van der Waals surface area (Å²) in [5, 5.41) is 28.7. The van der Waals surface area contributed by atoms with Gasteiger partial charge in [-0.3, -0.25) is 14.6 Å². The summed E-state index contributed by atoms with van der Waals surface area (Å²) in [4.78, 5) is 31.7. The number of hydrogen-bond acceptors (Lipinski definition) is 7. The number of hydrogen-bond donors (Lipinski definition) is 3. The molecule has 0 radical (unpaired) electrons. The molecule has 2 aromatic heterocycles. The maximum Gasteiger partial charge on any atom is 0.255 e. The van der Waals surface area contributed by atoms with Gasteiger partial charge in [0.25, 0.3) is 11.8 Å². The van der Waals surface area contributed by atoms with Crippen molar-refractivity contribution < 1.29 is 24.5 Å². The maximum absolute atomic E-state index is 13.1. The number of fused-ring (bicyclic) bond motifs is 1.